The van der Waals surface area contributed by atoms with Gasteiger partial charge in [-0.15, -0.1) is 24.0 Å². The van der Waals surface area contributed by atoms with Gasteiger partial charge in [-0.05, 0) is 38.2 Å². The number of alkyl carbamates (subject to hydrolysis) is 1. The molecule has 0 heterocycles. The molecule has 3 N–H and O–H groups in total. The van der Waals surface area contributed by atoms with Gasteiger partial charge in [0.25, 0.3) is 0 Å². The monoisotopic (exact) mass is 488 g/mol. The molecule has 7 heteroatoms. The van der Waals surface area contributed by atoms with Gasteiger partial charge in [-0.25, -0.2) is 4.79 Å². The number of halogens is 1. The summed E-state index contributed by atoms with van der Waals surface area (Å²) in [5.41, 5.74) is 1.28. The number of amides is 1. The molecule has 2 atom stereocenters. The van der Waals surface area contributed by atoms with Crippen molar-refractivity contribution in [3.05, 3.63) is 35.9 Å². The van der Waals surface area contributed by atoms with Crippen LogP contribution in [0.3, 0.4) is 0 Å². The van der Waals surface area contributed by atoms with E-state index in [-0.39, 0.29) is 36.1 Å². The molecule has 1 saturated carbocycles. The Bertz CT molecular complexity index is 579. The number of hydrogen-bond donors (Lipinski definition) is 3. The summed E-state index contributed by atoms with van der Waals surface area (Å²) in [4.78, 5) is 16.4. The van der Waals surface area contributed by atoms with Crippen LogP contribution in [0.4, 0.5) is 4.79 Å². The Morgan fingerprint density at radius 3 is 2.52 bits per heavy atom. The zero-order valence-corrected chi connectivity index (χ0v) is 18.9. The molecule has 1 aliphatic rings. The van der Waals surface area contributed by atoms with Gasteiger partial charge in [0.05, 0.1) is 12.6 Å². The highest BCUT2D eigenvalue weighted by Crippen LogP contribution is 2.32. The number of hydrogen-bond acceptors (Lipinski definition) is 3. The van der Waals surface area contributed by atoms with Crippen LogP contribution in [0.15, 0.2) is 35.3 Å². The van der Waals surface area contributed by atoms with Crippen LogP contribution in [0.2, 0.25) is 0 Å². The van der Waals surface area contributed by atoms with E-state index in [1.54, 1.807) is 0 Å². The van der Waals surface area contributed by atoms with Gasteiger partial charge >= 0.3 is 6.09 Å². The quantitative estimate of drug-likeness (QED) is 0.283. The minimum absolute atomic E-state index is 0. The molecule has 1 fully saturated rings. The summed E-state index contributed by atoms with van der Waals surface area (Å²) in [6.45, 7) is 8.58. The summed E-state index contributed by atoms with van der Waals surface area (Å²) in [7, 11) is 0. The SMILES string of the molecule is CCNC(=NCC(C)c1ccccc1)NCC(NC(=O)OCC)C1CC1.I. The van der Waals surface area contributed by atoms with E-state index in [9.17, 15) is 4.79 Å². The van der Waals surface area contributed by atoms with Crippen LogP contribution >= 0.6 is 24.0 Å². The average Bonchev–Trinajstić information content (AvgIpc) is 3.48. The summed E-state index contributed by atoms with van der Waals surface area (Å²) in [5, 5.41) is 9.60. The van der Waals surface area contributed by atoms with Crippen molar-refractivity contribution in [3.63, 3.8) is 0 Å². The van der Waals surface area contributed by atoms with Gasteiger partial charge < -0.3 is 20.7 Å². The topological polar surface area (TPSA) is 74.8 Å². The lowest BCUT2D eigenvalue weighted by atomic mass is 10.0. The molecule has 1 aliphatic carbocycles. The molecule has 2 rings (SSSR count). The Labute approximate surface area is 179 Å². The zero-order chi connectivity index (χ0) is 18.8. The lowest BCUT2D eigenvalue weighted by Gasteiger charge is -2.20. The maximum atomic E-state index is 11.7. The van der Waals surface area contributed by atoms with E-state index in [1.807, 2.05) is 19.9 Å². The number of ether oxygens (including phenoxy) is 1. The van der Waals surface area contributed by atoms with E-state index in [2.05, 4.69) is 47.1 Å². The molecular weight excluding hydrogens is 455 g/mol. The largest absolute Gasteiger partial charge is 0.450 e. The van der Waals surface area contributed by atoms with Crippen LogP contribution < -0.4 is 16.0 Å². The Morgan fingerprint density at radius 2 is 1.93 bits per heavy atom. The first-order valence-electron chi connectivity index (χ1n) is 9.64. The molecule has 0 bridgehead atoms. The maximum absolute atomic E-state index is 11.7. The van der Waals surface area contributed by atoms with E-state index in [4.69, 9.17) is 9.73 Å². The predicted octanol–water partition coefficient (Wildman–Crippen LogP) is 3.49. The summed E-state index contributed by atoms with van der Waals surface area (Å²) in [6, 6.07) is 10.5. The molecule has 0 radical (unpaired) electrons. The summed E-state index contributed by atoms with van der Waals surface area (Å²) >= 11 is 0. The van der Waals surface area contributed by atoms with E-state index < -0.39 is 0 Å². The number of benzene rings is 1. The molecule has 1 amide bonds. The second kappa shape index (κ2) is 12.8. The third-order valence-electron chi connectivity index (χ3n) is 4.50. The third kappa shape index (κ3) is 8.81. The number of aliphatic imine (C=N–C) groups is 1. The lowest BCUT2D eigenvalue weighted by molar-refractivity contribution is 0.146. The zero-order valence-electron chi connectivity index (χ0n) is 16.5. The van der Waals surface area contributed by atoms with Gasteiger partial charge in [-0.1, -0.05) is 37.3 Å². The molecule has 6 nitrogen and oxygen atoms in total. The molecular formula is C20H33IN4O2. The second-order valence-corrected chi connectivity index (χ2v) is 6.72. The molecule has 0 aromatic heterocycles. The fraction of sp³-hybridized carbons (Fsp3) is 0.600. The summed E-state index contributed by atoms with van der Waals surface area (Å²) < 4.78 is 5.01. The lowest BCUT2D eigenvalue weighted by Crippen LogP contribution is -2.48. The van der Waals surface area contributed by atoms with Crippen LogP contribution in [0.1, 0.15) is 45.1 Å². The van der Waals surface area contributed by atoms with Crippen molar-refractivity contribution in [2.24, 2.45) is 10.9 Å². The minimum Gasteiger partial charge on any atom is -0.450 e. The number of rotatable bonds is 9. The van der Waals surface area contributed by atoms with E-state index in [0.29, 0.717) is 31.5 Å². The molecule has 0 saturated heterocycles. The van der Waals surface area contributed by atoms with Gasteiger partial charge in [0.2, 0.25) is 0 Å². The first kappa shape index (κ1) is 23.5. The van der Waals surface area contributed by atoms with Crippen molar-refractivity contribution in [2.75, 3.05) is 26.2 Å². The fourth-order valence-corrected chi connectivity index (χ4v) is 2.82. The fourth-order valence-electron chi connectivity index (χ4n) is 2.82. The maximum Gasteiger partial charge on any atom is 0.407 e. The molecule has 27 heavy (non-hydrogen) atoms. The Balaban J connectivity index is 0.00000364. The first-order valence-corrected chi connectivity index (χ1v) is 9.64. The van der Waals surface area contributed by atoms with Crippen molar-refractivity contribution in [3.8, 4) is 0 Å². The van der Waals surface area contributed by atoms with Crippen molar-refractivity contribution >= 4 is 36.0 Å². The third-order valence-corrected chi connectivity index (χ3v) is 4.50. The average molecular weight is 488 g/mol. The highest BCUT2D eigenvalue weighted by Gasteiger charge is 2.32. The van der Waals surface area contributed by atoms with Crippen LogP contribution in [-0.4, -0.2) is 44.3 Å². The number of nitrogens with zero attached hydrogens (tertiary/aromatic N) is 1. The van der Waals surface area contributed by atoms with Gasteiger partial charge in [0.1, 0.15) is 0 Å². The van der Waals surface area contributed by atoms with E-state index in [0.717, 1.165) is 25.3 Å². The van der Waals surface area contributed by atoms with Crippen molar-refractivity contribution < 1.29 is 9.53 Å². The summed E-state index contributed by atoms with van der Waals surface area (Å²) in [5.74, 6) is 1.66. The van der Waals surface area contributed by atoms with Crippen LogP contribution in [0.5, 0.6) is 0 Å². The van der Waals surface area contributed by atoms with Crippen molar-refractivity contribution in [2.45, 2.75) is 45.6 Å². The second-order valence-electron chi connectivity index (χ2n) is 6.72. The van der Waals surface area contributed by atoms with Gasteiger partial charge in [-0.2, -0.15) is 0 Å². The van der Waals surface area contributed by atoms with Crippen LogP contribution in [0.25, 0.3) is 0 Å². The number of carbonyl (C=O) groups excluding carboxylic acids is 1. The Hall–Kier alpha value is -1.51. The molecule has 0 spiro atoms. The van der Waals surface area contributed by atoms with Crippen molar-refractivity contribution in [1.29, 1.82) is 0 Å². The van der Waals surface area contributed by atoms with Gasteiger partial charge in [-0.3, -0.25) is 4.99 Å². The van der Waals surface area contributed by atoms with Crippen molar-refractivity contribution in [1.82, 2.24) is 16.0 Å². The van der Waals surface area contributed by atoms with Gasteiger partial charge in [0, 0.05) is 25.6 Å². The van der Waals surface area contributed by atoms with Crippen LogP contribution in [-0.2, 0) is 4.74 Å². The van der Waals surface area contributed by atoms with Gasteiger partial charge in [0.15, 0.2) is 5.96 Å². The molecule has 1 aromatic carbocycles. The predicted molar refractivity (Wildman–Crippen MR) is 121 cm³/mol. The molecule has 0 aliphatic heterocycles. The molecule has 1 aromatic rings. The number of guanidine groups is 1. The van der Waals surface area contributed by atoms with E-state index in [1.165, 1.54) is 5.56 Å². The summed E-state index contributed by atoms with van der Waals surface area (Å²) in [6.07, 6.45) is 1.96. The normalized spacial score (nSPS) is 15.9. The highest BCUT2D eigenvalue weighted by atomic mass is 127. The number of carbonyl (C=O) groups is 1. The number of nitrogens with one attached hydrogen (secondary N) is 3. The minimum atomic E-state index is -0.342. The standard InChI is InChI=1S/C20H32N4O2.HI/c1-4-21-19(22-13-15(3)16-9-7-6-8-10-16)23-14-18(17-11-12-17)24-20(25)26-5-2;/h6-10,15,17-18H,4-5,11-14H2,1-3H3,(H,24,25)(H2,21,22,23);1H. The first-order chi connectivity index (χ1) is 12.6. The molecule has 152 valence electrons. The Kier molecular flexibility index (Phi) is 11.2. The smallest absolute Gasteiger partial charge is 0.407 e. The Morgan fingerprint density at radius 1 is 1.22 bits per heavy atom. The van der Waals surface area contributed by atoms with E-state index >= 15 is 0 Å². The highest BCUT2D eigenvalue weighted by molar-refractivity contribution is 14.0. The molecule has 2 unspecified atom stereocenters. The van der Waals surface area contributed by atoms with Crippen LogP contribution in [0, 0.1) is 5.92 Å².